The third-order valence-electron chi connectivity index (χ3n) is 4.23. The van der Waals surface area contributed by atoms with Crippen LogP contribution < -0.4 is 10.6 Å². The van der Waals surface area contributed by atoms with E-state index in [-0.39, 0.29) is 18.1 Å². The Morgan fingerprint density at radius 1 is 1.38 bits per heavy atom. The fraction of sp³-hybridized carbons (Fsp3) is 0.706. The number of ether oxygens (including phenoxy) is 1. The minimum Gasteiger partial charge on any atom is -0.480 e. The largest absolute Gasteiger partial charge is 0.480 e. The zero-order valence-corrected chi connectivity index (χ0v) is 14.8. The van der Waals surface area contributed by atoms with Gasteiger partial charge in [-0.05, 0) is 30.7 Å². The summed E-state index contributed by atoms with van der Waals surface area (Å²) in [4.78, 5) is 19.9. The summed E-state index contributed by atoms with van der Waals surface area (Å²) in [7, 11) is 0. The summed E-state index contributed by atoms with van der Waals surface area (Å²) >= 11 is 0. The smallest absolute Gasteiger partial charge is 0.326 e. The van der Waals surface area contributed by atoms with E-state index in [1.54, 1.807) is 12.3 Å². The molecule has 2 heterocycles. The van der Waals surface area contributed by atoms with Crippen LogP contribution in [-0.4, -0.2) is 45.8 Å². The lowest BCUT2D eigenvalue weighted by Gasteiger charge is -2.35. The summed E-state index contributed by atoms with van der Waals surface area (Å²) in [5.41, 5.74) is 0. The maximum absolute atomic E-state index is 11.3. The summed E-state index contributed by atoms with van der Waals surface area (Å²) in [5, 5.41) is 15.6. The Bertz CT molecular complexity index is 550. The molecule has 0 amide bonds. The predicted molar refractivity (Wildman–Crippen MR) is 93.1 cm³/mol. The number of hydrogen-bond donors (Lipinski definition) is 3. The van der Waals surface area contributed by atoms with Gasteiger partial charge in [-0.1, -0.05) is 27.7 Å². The Kier molecular flexibility index (Phi) is 6.36. The van der Waals surface area contributed by atoms with Crippen LogP contribution in [0, 0.1) is 11.8 Å². The summed E-state index contributed by atoms with van der Waals surface area (Å²) < 4.78 is 5.88. The summed E-state index contributed by atoms with van der Waals surface area (Å²) in [6.07, 6.45) is 3.82. The number of anilines is 2. The van der Waals surface area contributed by atoms with Crippen molar-refractivity contribution < 1.29 is 14.6 Å². The average Bonchev–Trinajstić information content (AvgIpc) is 2.52. The van der Waals surface area contributed by atoms with Crippen molar-refractivity contribution in [2.45, 2.75) is 58.7 Å². The van der Waals surface area contributed by atoms with E-state index in [9.17, 15) is 9.90 Å². The van der Waals surface area contributed by atoms with Crippen LogP contribution in [-0.2, 0) is 9.53 Å². The van der Waals surface area contributed by atoms with E-state index in [1.807, 2.05) is 13.8 Å². The lowest BCUT2D eigenvalue weighted by atomic mass is 9.94. The highest BCUT2D eigenvalue weighted by Gasteiger charge is 2.29. The first-order valence-corrected chi connectivity index (χ1v) is 8.59. The Balaban J connectivity index is 2.08. The first-order valence-electron chi connectivity index (χ1n) is 8.59. The SMILES string of the molecule is CC(C)C1OCCCC1Nc1ccnc(N[C@H](C(=O)O)C(C)C)n1. The van der Waals surface area contributed by atoms with Gasteiger partial charge in [0.15, 0.2) is 0 Å². The topological polar surface area (TPSA) is 96.4 Å². The van der Waals surface area contributed by atoms with E-state index in [4.69, 9.17) is 4.74 Å². The van der Waals surface area contributed by atoms with Crippen molar-refractivity contribution in [1.29, 1.82) is 0 Å². The highest BCUT2D eigenvalue weighted by molar-refractivity contribution is 5.76. The van der Waals surface area contributed by atoms with Gasteiger partial charge < -0.3 is 20.5 Å². The van der Waals surface area contributed by atoms with Crippen LogP contribution in [0.15, 0.2) is 12.3 Å². The number of nitrogens with zero attached hydrogens (tertiary/aromatic N) is 2. The lowest BCUT2D eigenvalue weighted by molar-refractivity contribution is -0.138. The number of aromatic nitrogens is 2. The van der Waals surface area contributed by atoms with Crippen molar-refractivity contribution in [2.24, 2.45) is 11.8 Å². The molecule has 7 heteroatoms. The first-order chi connectivity index (χ1) is 11.4. The van der Waals surface area contributed by atoms with Gasteiger partial charge in [-0.3, -0.25) is 0 Å². The molecule has 1 aliphatic rings. The number of rotatable bonds is 7. The minimum absolute atomic E-state index is 0.0696. The molecule has 0 radical (unpaired) electrons. The minimum atomic E-state index is -0.910. The van der Waals surface area contributed by atoms with Crippen LogP contribution in [0.25, 0.3) is 0 Å². The molecule has 134 valence electrons. The number of carboxylic acid groups (broad SMARTS) is 1. The second-order valence-corrected chi connectivity index (χ2v) is 6.94. The van der Waals surface area contributed by atoms with Crippen molar-refractivity contribution in [2.75, 3.05) is 17.2 Å². The van der Waals surface area contributed by atoms with Gasteiger partial charge >= 0.3 is 5.97 Å². The second kappa shape index (κ2) is 8.28. The number of carbonyl (C=O) groups is 1. The van der Waals surface area contributed by atoms with Gasteiger partial charge in [0, 0.05) is 12.8 Å². The molecule has 2 rings (SSSR count). The molecular weight excluding hydrogens is 308 g/mol. The van der Waals surface area contributed by atoms with E-state index in [0.717, 1.165) is 19.4 Å². The molecule has 7 nitrogen and oxygen atoms in total. The van der Waals surface area contributed by atoms with Crippen LogP contribution >= 0.6 is 0 Å². The molecule has 3 atom stereocenters. The summed E-state index contributed by atoms with van der Waals surface area (Å²) in [6.45, 7) is 8.79. The van der Waals surface area contributed by atoms with Crippen LogP contribution in [0.2, 0.25) is 0 Å². The monoisotopic (exact) mass is 336 g/mol. The fourth-order valence-corrected chi connectivity index (χ4v) is 2.97. The van der Waals surface area contributed by atoms with Gasteiger partial charge in [-0.15, -0.1) is 0 Å². The molecule has 0 aliphatic carbocycles. The molecule has 0 bridgehead atoms. The van der Waals surface area contributed by atoms with Crippen molar-refractivity contribution in [1.82, 2.24) is 9.97 Å². The third kappa shape index (κ3) is 4.80. The molecule has 1 aliphatic heterocycles. The summed E-state index contributed by atoms with van der Waals surface area (Å²) in [6, 6.07) is 1.27. The molecule has 1 aromatic rings. The Morgan fingerprint density at radius 3 is 2.75 bits per heavy atom. The zero-order chi connectivity index (χ0) is 17.7. The number of aliphatic carboxylic acids is 1. The molecule has 0 spiro atoms. The van der Waals surface area contributed by atoms with E-state index < -0.39 is 12.0 Å². The van der Waals surface area contributed by atoms with Crippen LogP contribution in [0.1, 0.15) is 40.5 Å². The zero-order valence-electron chi connectivity index (χ0n) is 14.8. The van der Waals surface area contributed by atoms with Crippen LogP contribution in [0.5, 0.6) is 0 Å². The molecular formula is C17H28N4O3. The Morgan fingerprint density at radius 2 is 2.12 bits per heavy atom. The van der Waals surface area contributed by atoms with Gasteiger partial charge in [0.2, 0.25) is 5.95 Å². The molecule has 1 fully saturated rings. The van der Waals surface area contributed by atoms with Crippen molar-refractivity contribution >= 4 is 17.7 Å². The molecule has 2 unspecified atom stereocenters. The molecule has 0 aromatic carbocycles. The third-order valence-corrected chi connectivity index (χ3v) is 4.23. The Hall–Kier alpha value is -1.89. The molecule has 0 saturated carbocycles. The Labute approximate surface area is 143 Å². The molecule has 24 heavy (non-hydrogen) atoms. The van der Waals surface area contributed by atoms with Gasteiger partial charge in [0.25, 0.3) is 0 Å². The van der Waals surface area contributed by atoms with Crippen molar-refractivity contribution in [3.8, 4) is 0 Å². The van der Waals surface area contributed by atoms with Gasteiger partial charge in [0.1, 0.15) is 11.9 Å². The lowest BCUT2D eigenvalue weighted by Crippen LogP contribution is -2.43. The van der Waals surface area contributed by atoms with E-state index in [1.165, 1.54) is 0 Å². The predicted octanol–water partition coefficient (Wildman–Crippen LogP) is 2.61. The van der Waals surface area contributed by atoms with Gasteiger partial charge in [0.05, 0.1) is 12.1 Å². The highest BCUT2D eigenvalue weighted by atomic mass is 16.5. The normalized spacial score (nSPS) is 22.4. The fourth-order valence-electron chi connectivity index (χ4n) is 2.97. The highest BCUT2D eigenvalue weighted by Crippen LogP contribution is 2.23. The maximum atomic E-state index is 11.3. The quantitative estimate of drug-likeness (QED) is 0.704. The second-order valence-electron chi connectivity index (χ2n) is 6.94. The van der Waals surface area contributed by atoms with E-state index >= 15 is 0 Å². The molecule has 3 N–H and O–H groups in total. The van der Waals surface area contributed by atoms with Gasteiger partial charge in [-0.2, -0.15) is 4.98 Å². The number of nitrogens with one attached hydrogen (secondary N) is 2. The maximum Gasteiger partial charge on any atom is 0.326 e. The van der Waals surface area contributed by atoms with Crippen molar-refractivity contribution in [3.63, 3.8) is 0 Å². The van der Waals surface area contributed by atoms with E-state index in [0.29, 0.717) is 17.7 Å². The van der Waals surface area contributed by atoms with E-state index in [2.05, 4.69) is 34.4 Å². The molecule has 1 aromatic heterocycles. The number of hydrogen-bond acceptors (Lipinski definition) is 6. The van der Waals surface area contributed by atoms with Crippen molar-refractivity contribution in [3.05, 3.63) is 12.3 Å². The molecule has 1 saturated heterocycles. The first kappa shape index (κ1) is 18.4. The van der Waals surface area contributed by atoms with Crippen LogP contribution in [0.3, 0.4) is 0 Å². The standard InChI is InChI=1S/C17H28N4O3/c1-10(2)14(16(22)23)21-17-18-8-7-13(20-17)19-12-6-5-9-24-15(12)11(3)4/h7-8,10-12,14-15H,5-6,9H2,1-4H3,(H,22,23)(H2,18,19,20,21)/t12?,14-,15?/m0/s1. The van der Waals surface area contributed by atoms with Crippen LogP contribution in [0.4, 0.5) is 11.8 Å². The average molecular weight is 336 g/mol. The van der Waals surface area contributed by atoms with Gasteiger partial charge in [-0.25, -0.2) is 9.78 Å². The number of carboxylic acids is 1. The summed E-state index contributed by atoms with van der Waals surface area (Å²) in [5.74, 6) is 0.437.